The van der Waals surface area contributed by atoms with Gasteiger partial charge in [-0.15, -0.1) is 0 Å². The van der Waals surface area contributed by atoms with Crippen molar-refractivity contribution in [3.05, 3.63) is 48.0 Å². The number of aliphatic carboxylic acids is 1. The second-order valence-corrected chi connectivity index (χ2v) is 12.9. The van der Waals surface area contributed by atoms with E-state index in [9.17, 15) is 22.4 Å². The maximum Gasteiger partial charge on any atom is 0.416 e. The minimum atomic E-state index is -4.73. The molecule has 15 heteroatoms. The summed E-state index contributed by atoms with van der Waals surface area (Å²) < 4.78 is 60.8. The number of carboxylic acid groups (broad SMARTS) is 1. The van der Waals surface area contributed by atoms with E-state index in [-0.39, 0.29) is 34.8 Å². The molecule has 2 fully saturated rings. The largest absolute Gasteiger partial charge is 0.481 e. The predicted molar refractivity (Wildman–Crippen MR) is 172 cm³/mol. The predicted octanol–water partition coefficient (Wildman–Crippen LogP) is 5.48. The summed E-state index contributed by atoms with van der Waals surface area (Å²) in [4.78, 5) is 39.1. The number of benzene rings is 1. The molecule has 4 heterocycles. The Morgan fingerprint density at radius 1 is 1.08 bits per heavy atom. The van der Waals surface area contributed by atoms with Crippen molar-refractivity contribution in [3.8, 4) is 22.8 Å². The molecule has 6 rings (SSSR count). The van der Waals surface area contributed by atoms with Crippen LogP contribution in [0.25, 0.3) is 33.9 Å². The lowest BCUT2D eigenvalue weighted by Gasteiger charge is -2.44. The molecule has 1 aromatic carbocycles. The summed E-state index contributed by atoms with van der Waals surface area (Å²) in [5.74, 6) is -0.780. The number of H-pyrrole nitrogens is 1. The van der Waals surface area contributed by atoms with E-state index in [1.807, 2.05) is 18.9 Å². The number of aromatic amines is 1. The number of alkyl halides is 3. The Kier molecular flexibility index (Phi) is 9.27. The van der Waals surface area contributed by atoms with E-state index in [2.05, 4.69) is 34.7 Å². The van der Waals surface area contributed by atoms with Crippen LogP contribution in [0.5, 0.6) is 0 Å². The van der Waals surface area contributed by atoms with Gasteiger partial charge >= 0.3 is 12.1 Å². The Morgan fingerprint density at radius 2 is 1.83 bits per heavy atom. The van der Waals surface area contributed by atoms with Gasteiger partial charge in [0.25, 0.3) is 0 Å². The number of anilines is 2. The lowest BCUT2D eigenvalue weighted by Crippen LogP contribution is -2.50. The van der Waals surface area contributed by atoms with E-state index >= 15 is 0 Å². The first kappa shape index (κ1) is 33.5. The maximum atomic E-state index is 14.5. The molecule has 0 bridgehead atoms. The number of halogens is 4. The van der Waals surface area contributed by atoms with Crippen molar-refractivity contribution in [3.63, 3.8) is 0 Å². The highest BCUT2D eigenvalue weighted by Gasteiger charge is 2.38. The standard InChI is InChI=1S/C33H38F4N8O3/c1-20(11-28(46)47)44-7-9-45(10-8-44)27-17-38-25(16-39-27)30-41-29-26(43(2)18-32(19-48-3)5-4-6-32)15-24(40-31(29)42-30)21-12-22(33(35,36)37)14-23(34)13-21/h12-17,20H,4-11,18-19H2,1-3H3,(H,46,47)(H,40,41,42). The summed E-state index contributed by atoms with van der Waals surface area (Å²) in [6.07, 6.45) is 1.66. The van der Waals surface area contributed by atoms with Crippen LogP contribution in [0.1, 0.15) is 38.2 Å². The van der Waals surface area contributed by atoms with Crippen LogP contribution in [0.3, 0.4) is 0 Å². The summed E-state index contributed by atoms with van der Waals surface area (Å²) in [5, 5.41) is 9.12. The molecule has 1 unspecified atom stereocenters. The zero-order chi connectivity index (χ0) is 34.2. The zero-order valence-corrected chi connectivity index (χ0v) is 27.0. The number of fused-ring (bicyclic) bond motifs is 1. The molecule has 1 saturated heterocycles. The third-order valence-corrected chi connectivity index (χ3v) is 9.42. The monoisotopic (exact) mass is 670 g/mol. The van der Waals surface area contributed by atoms with Gasteiger partial charge in [0.1, 0.15) is 22.8 Å². The molecule has 0 radical (unpaired) electrons. The highest BCUT2D eigenvalue weighted by Crippen LogP contribution is 2.43. The number of pyridine rings is 1. The van der Waals surface area contributed by atoms with E-state index in [0.29, 0.717) is 73.9 Å². The van der Waals surface area contributed by atoms with Gasteiger partial charge in [0, 0.05) is 63.9 Å². The molecule has 4 aromatic rings. The van der Waals surface area contributed by atoms with Crippen LogP contribution in [0.15, 0.2) is 36.7 Å². The lowest BCUT2D eigenvalue weighted by atomic mass is 9.69. The van der Waals surface area contributed by atoms with Crippen LogP contribution in [0, 0.1) is 11.2 Å². The Hall–Kier alpha value is -4.37. The van der Waals surface area contributed by atoms with Gasteiger partial charge in [-0.3, -0.25) is 9.69 Å². The van der Waals surface area contributed by atoms with Gasteiger partial charge < -0.3 is 24.6 Å². The second kappa shape index (κ2) is 13.3. The molecule has 1 saturated carbocycles. The molecule has 0 spiro atoms. The van der Waals surface area contributed by atoms with E-state index in [1.54, 1.807) is 25.6 Å². The van der Waals surface area contributed by atoms with E-state index in [1.165, 1.54) is 0 Å². The molecular weight excluding hydrogens is 632 g/mol. The van der Waals surface area contributed by atoms with Crippen molar-refractivity contribution in [1.82, 2.24) is 29.8 Å². The average Bonchev–Trinajstić information content (AvgIpc) is 3.47. The number of rotatable bonds is 11. The Morgan fingerprint density at radius 3 is 2.44 bits per heavy atom. The maximum absolute atomic E-state index is 14.5. The molecule has 1 atom stereocenters. The Labute approximate surface area is 275 Å². The minimum Gasteiger partial charge on any atom is -0.481 e. The number of carboxylic acids is 1. The first-order valence-electron chi connectivity index (χ1n) is 15.9. The normalized spacial score (nSPS) is 17.4. The van der Waals surface area contributed by atoms with Gasteiger partial charge in [0.15, 0.2) is 11.5 Å². The van der Waals surface area contributed by atoms with Gasteiger partial charge in [-0.1, -0.05) is 6.42 Å². The summed E-state index contributed by atoms with van der Waals surface area (Å²) in [5.41, 5.74) is 0.875. The van der Waals surface area contributed by atoms with Crippen LogP contribution in [0.2, 0.25) is 0 Å². The van der Waals surface area contributed by atoms with Gasteiger partial charge in [-0.05, 0) is 44.0 Å². The molecule has 2 N–H and O–H groups in total. The fourth-order valence-corrected chi connectivity index (χ4v) is 6.74. The molecule has 3 aromatic heterocycles. The molecule has 2 aliphatic rings. The molecule has 11 nitrogen and oxygen atoms in total. The summed E-state index contributed by atoms with van der Waals surface area (Å²) in [6.45, 7) is 5.86. The highest BCUT2D eigenvalue weighted by atomic mass is 19.4. The molecule has 48 heavy (non-hydrogen) atoms. The SMILES string of the molecule is COCC1(CN(C)c2cc(-c3cc(F)cc(C(F)(F)F)c3)nc3nc(-c4cnc(N5CCN(C(C)CC(=O)O)CC5)cn4)[nH]c23)CCC1. The Bertz CT molecular complexity index is 1770. The van der Waals surface area contributed by atoms with E-state index in [0.717, 1.165) is 31.4 Å². The van der Waals surface area contributed by atoms with Crippen LogP contribution < -0.4 is 9.80 Å². The van der Waals surface area contributed by atoms with Crippen LogP contribution in [-0.4, -0.2) is 100 Å². The number of ether oxygens (including phenoxy) is 1. The third kappa shape index (κ3) is 7.06. The number of hydrogen-bond acceptors (Lipinski definition) is 9. The number of nitrogens with one attached hydrogen (secondary N) is 1. The molecule has 1 aliphatic carbocycles. The fourth-order valence-electron chi connectivity index (χ4n) is 6.74. The zero-order valence-electron chi connectivity index (χ0n) is 27.0. The van der Waals surface area contributed by atoms with Crippen molar-refractivity contribution < 1.29 is 32.2 Å². The van der Waals surface area contributed by atoms with Gasteiger partial charge in [-0.25, -0.2) is 24.3 Å². The lowest BCUT2D eigenvalue weighted by molar-refractivity contribution is -0.139. The first-order chi connectivity index (χ1) is 22.8. The number of carbonyl (C=O) groups is 1. The topological polar surface area (TPSA) is 124 Å². The van der Waals surface area contributed by atoms with Crippen molar-refractivity contribution in [2.24, 2.45) is 5.41 Å². The highest BCUT2D eigenvalue weighted by molar-refractivity contribution is 5.91. The van der Waals surface area contributed by atoms with Gasteiger partial charge in [-0.2, -0.15) is 13.2 Å². The fraction of sp³-hybridized carbons (Fsp3) is 0.485. The minimum absolute atomic E-state index is 0.0136. The third-order valence-electron chi connectivity index (χ3n) is 9.42. The number of hydrogen-bond donors (Lipinski definition) is 2. The molecule has 0 amide bonds. The van der Waals surface area contributed by atoms with Crippen molar-refractivity contribution in [2.45, 2.75) is 44.8 Å². The summed E-state index contributed by atoms with van der Waals surface area (Å²) in [6, 6.07) is 4.00. The quantitative estimate of drug-likeness (QED) is 0.199. The van der Waals surface area contributed by atoms with Crippen molar-refractivity contribution in [2.75, 3.05) is 63.3 Å². The Balaban J connectivity index is 1.31. The second-order valence-electron chi connectivity index (χ2n) is 12.9. The number of methoxy groups -OCH3 is 1. The van der Waals surface area contributed by atoms with Crippen LogP contribution in [-0.2, 0) is 15.7 Å². The smallest absolute Gasteiger partial charge is 0.416 e. The number of piperazine rings is 1. The van der Waals surface area contributed by atoms with Crippen LogP contribution in [0.4, 0.5) is 29.1 Å². The molecule has 256 valence electrons. The molecule has 1 aliphatic heterocycles. The average molecular weight is 671 g/mol. The van der Waals surface area contributed by atoms with Gasteiger partial charge in [0.05, 0.1) is 42.4 Å². The van der Waals surface area contributed by atoms with Crippen molar-refractivity contribution >= 4 is 28.6 Å². The van der Waals surface area contributed by atoms with E-state index in [4.69, 9.17) is 9.84 Å². The van der Waals surface area contributed by atoms with Crippen molar-refractivity contribution in [1.29, 1.82) is 0 Å². The number of imidazole rings is 1. The number of aromatic nitrogens is 5. The number of nitrogens with zero attached hydrogens (tertiary/aromatic N) is 7. The van der Waals surface area contributed by atoms with Gasteiger partial charge in [0.2, 0.25) is 0 Å². The molecular formula is C33H38F4N8O3. The van der Waals surface area contributed by atoms with E-state index < -0.39 is 23.5 Å². The summed E-state index contributed by atoms with van der Waals surface area (Å²) in [7, 11) is 3.57. The van der Waals surface area contributed by atoms with Crippen LogP contribution >= 0.6 is 0 Å². The summed E-state index contributed by atoms with van der Waals surface area (Å²) >= 11 is 0. The first-order valence-corrected chi connectivity index (χ1v) is 15.9.